The molecule has 3 nitrogen and oxygen atoms in total. The second kappa shape index (κ2) is 14.6. The van der Waals surface area contributed by atoms with Crippen LogP contribution in [0.4, 0.5) is 4.39 Å². The molecule has 3 rings (SSSR count). The van der Waals surface area contributed by atoms with Crippen LogP contribution in [0.25, 0.3) is 0 Å². The van der Waals surface area contributed by atoms with Crippen LogP contribution < -0.4 is 21.9 Å². The molecule has 0 amide bonds. The van der Waals surface area contributed by atoms with Crippen molar-refractivity contribution in [1.82, 2.24) is 0 Å². The summed E-state index contributed by atoms with van der Waals surface area (Å²) in [6, 6.07) is 11.6. The molecule has 0 saturated carbocycles. The van der Waals surface area contributed by atoms with E-state index in [1.807, 2.05) is 12.1 Å². The summed E-state index contributed by atoms with van der Waals surface area (Å²) < 4.78 is 26.6. The Morgan fingerprint density at radius 1 is 0.824 bits per heavy atom. The molecule has 1 unspecified atom stereocenters. The van der Waals surface area contributed by atoms with Gasteiger partial charge in [0.1, 0.15) is 18.9 Å². The predicted octanol–water partition coefficient (Wildman–Crippen LogP) is 4.45. The first kappa shape index (κ1) is 28.5. The highest BCUT2D eigenvalue weighted by Crippen LogP contribution is 2.36. The molecule has 0 bridgehead atoms. The Morgan fingerprint density at radius 2 is 1.41 bits per heavy atom. The zero-order chi connectivity index (χ0) is 23.5. The summed E-state index contributed by atoms with van der Waals surface area (Å²) in [7, 11) is 3.38. The summed E-state index contributed by atoms with van der Waals surface area (Å²) >= 11 is 0. The van der Waals surface area contributed by atoms with Gasteiger partial charge in [-0.25, -0.2) is 4.39 Å². The molecule has 0 N–H and O–H groups in total. The maximum Gasteiger partial charge on any atom is 0.161 e. The average molecular weight is 492 g/mol. The van der Waals surface area contributed by atoms with E-state index < -0.39 is 0 Å². The SMILES string of the molecule is CCCCCCCCCCC[N+]1(Cc2ccccc2F)CCc2cc(OC)c(OC)cc2C1.[Cl-]. The molecule has 34 heavy (non-hydrogen) atoms. The van der Waals surface area contributed by atoms with Crippen LogP contribution in [0.5, 0.6) is 11.5 Å². The van der Waals surface area contributed by atoms with Gasteiger partial charge >= 0.3 is 0 Å². The third-order valence-corrected chi connectivity index (χ3v) is 7.27. The highest BCUT2D eigenvalue weighted by Gasteiger charge is 2.34. The molecule has 0 fully saturated rings. The van der Waals surface area contributed by atoms with E-state index in [9.17, 15) is 4.39 Å². The molecule has 0 spiro atoms. The molecular formula is C29H43ClFNO2. The van der Waals surface area contributed by atoms with Crippen LogP contribution in [-0.2, 0) is 19.5 Å². The van der Waals surface area contributed by atoms with Crippen LogP contribution in [0.2, 0.25) is 0 Å². The van der Waals surface area contributed by atoms with E-state index in [4.69, 9.17) is 9.47 Å². The van der Waals surface area contributed by atoms with Gasteiger partial charge in [0.15, 0.2) is 11.5 Å². The van der Waals surface area contributed by atoms with E-state index in [2.05, 4.69) is 19.1 Å². The van der Waals surface area contributed by atoms with Gasteiger partial charge in [-0.1, -0.05) is 70.1 Å². The van der Waals surface area contributed by atoms with E-state index in [0.717, 1.165) is 54.1 Å². The van der Waals surface area contributed by atoms with Gasteiger partial charge in [-0.15, -0.1) is 0 Å². The van der Waals surface area contributed by atoms with Crippen molar-refractivity contribution in [2.45, 2.75) is 84.2 Å². The molecule has 1 aliphatic heterocycles. The van der Waals surface area contributed by atoms with Gasteiger partial charge in [0.25, 0.3) is 0 Å². The molecule has 0 aromatic heterocycles. The number of nitrogens with zero attached hydrogens (tertiary/aromatic N) is 1. The van der Waals surface area contributed by atoms with Crippen molar-refractivity contribution < 1.29 is 30.8 Å². The van der Waals surface area contributed by atoms with Crippen molar-refractivity contribution in [2.75, 3.05) is 27.3 Å². The maximum absolute atomic E-state index is 14.6. The van der Waals surface area contributed by atoms with E-state index >= 15 is 0 Å². The van der Waals surface area contributed by atoms with Gasteiger partial charge in [0.2, 0.25) is 0 Å². The zero-order valence-electron chi connectivity index (χ0n) is 21.4. The minimum atomic E-state index is -0.0832. The quantitative estimate of drug-likeness (QED) is 0.287. The molecular weight excluding hydrogens is 449 g/mol. The lowest BCUT2D eigenvalue weighted by molar-refractivity contribution is -0.955. The Hall–Kier alpha value is -1.78. The summed E-state index contributed by atoms with van der Waals surface area (Å²) in [5.74, 6) is 1.50. The van der Waals surface area contributed by atoms with Crippen molar-refractivity contribution in [2.24, 2.45) is 0 Å². The lowest BCUT2D eigenvalue weighted by Gasteiger charge is -2.42. The highest BCUT2D eigenvalue weighted by molar-refractivity contribution is 5.47. The van der Waals surface area contributed by atoms with Crippen molar-refractivity contribution in [3.8, 4) is 11.5 Å². The van der Waals surface area contributed by atoms with E-state index in [0.29, 0.717) is 0 Å². The van der Waals surface area contributed by atoms with E-state index in [1.165, 1.54) is 68.9 Å². The number of hydrogen-bond donors (Lipinski definition) is 0. The standard InChI is InChI=1S/C29H43FNO2.ClH/c1-4-5-6-7-8-9-10-11-14-18-31(22-25-15-12-13-16-27(25)30)19-17-24-20-28(32-2)29(33-3)21-26(24)23-31;/h12-13,15-16,20-21H,4-11,14,17-19,22-23H2,1-3H3;1H/q+1;/p-1. The Bertz CT molecular complexity index is 875. The third kappa shape index (κ3) is 7.88. The first-order chi connectivity index (χ1) is 16.1. The van der Waals surface area contributed by atoms with Crippen molar-refractivity contribution in [1.29, 1.82) is 0 Å². The lowest BCUT2D eigenvalue weighted by atomic mass is 9.95. The number of fused-ring (bicyclic) bond motifs is 1. The Morgan fingerprint density at radius 3 is 2.03 bits per heavy atom. The number of unbranched alkanes of at least 4 members (excludes halogenated alkanes) is 8. The topological polar surface area (TPSA) is 18.5 Å². The van der Waals surface area contributed by atoms with Crippen LogP contribution in [-0.4, -0.2) is 31.8 Å². The fourth-order valence-electron chi connectivity index (χ4n) is 5.29. The monoisotopic (exact) mass is 491 g/mol. The smallest absolute Gasteiger partial charge is 0.161 e. The van der Waals surface area contributed by atoms with Gasteiger partial charge in [-0.3, -0.25) is 0 Å². The van der Waals surface area contributed by atoms with Crippen molar-refractivity contribution >= 4 is 0 Å². The number of halogens is 2. The van der Waals surface area contributed by atoms with E-state index in [-0.39, 0.29) is 18.2 Å². The normalized spacial score (nSPS) is 17.1. The average Bonchev–Trinajstić information content (AvgIpc) is 2.83. The molecule has 2 aromatic rings. The van der Waals surface area contributed by atoms with Crippen molar-refractivity contribution in [3.05, 3.63) is 58.9 Å². The van der Waals surface area contributed by atoms with Gasteiger partial charge in [0.05, 0.1) is 27.3 Å². The highest BCUT2D eigenvalue weighted by atomic mass is 35.5. The van der Waals surface area contributed by atoms with Gasteiger partial charge < -0.3 is 26.4 Å². The number of methoxy groups -OCH3 is 2. The van der Waals surface area contributed by atoms with E-state index in [1.54, 1.807) is 26.4 Å². The number of quaternary nitrogens is 1. The summed E-state index contributed by atoms with van der Waals surface area (Å²) in [4.78, 5) is 0. The van der Waals surface area contributed by atoms with Gasteiger partial charge in [-0.2, -0.15) is 0 Å². The fraction of sp³-hybridized carbons (Fsp3) is 0.586. The minimum Gasteiger partial charge on any atom is -1.00 e. The zero-order valence-corrected chi connectivity index (χ0v) is 22.1. The van der Waals surface area contributed by atoms with Crippen LogP contribution in [0.15, 0.2) is 36.4 Å². The molecule has 1 atom stereocenters. The first-order valence-electron chi connectivity index (χ1n) is 12.9. The maximum atomic E-state index is 14.6. The number of ether oxygens (including phenoxy) is 2. The second-order valence-corrected chi connectivity index (χ2v) is 9.75. The Labute approximate surface area is 212 Å². The molecule has 0 radical (unpaired) electrons. The van der Waals surface area contributed by atoms with Crippen LogP contribution >= 0.6 is 0 Å². The van der Waals surface area contributed by atoms with Crippen LogP contribution in [0.1, 0.15) is 81.4 Å². The van der Waals surface area contributed by atoms with Gasteiger partial charge in [0, 0.05) is 17.5 Å². The molecule has 190 valence electrons. The number of hydrogen-bond acceptors (Lipinski definition) is 2. The number of rotatable bonds is 14. The third-order valence-electron chi connectivity index (χ3n) is 7.27. The first-order valence-corrected chi connectivity index (χ1v) is 12.9. The summed E-state index contributed by atoms with van der Waals surface area (Å²) in [5.41, 5.74) is 3.48. The fourth-order valence-corrected chi connectivity index (χ4v) is 5.29. The molecule has 0 aliphatic carbocycles. The number of benzene rings is 2. The van der Waals surface area contributed by atoms with Crippen LogP contribution in [0.3, 0.4) is 0 Å². The molecule has 0 saturated heterocycles. The molecule has 5 heteroatoms. The second-order valence-electron chi connectivity index (χ2n) is 9.75. The molecule has 2 aromatic carbocycles. The molecule has 1 aliphatic rings. The van der Waals surface area contributed by atoms with Gasteiger partial charge in [-0.05, 0) is 36.6 Å². The van der Waals surface area contributed by atoms with Crippen molar-refractivity contribution in [3.63, 3.8) is 0 Å². The minimum absolute atomic E-state index is 0. The summed E-state index contributed by atoms with van der Waals surface area (Å²) in [6.45, 7) is 6.07. The largest absolute Gasteiger partial charge is 1.00 e. The summed E-state index contributed by atoms with van der Waals surface area (Å²) in [5, 5.41) is 0. The Balaban J connectivity index is 0.00000408. The lowest BCUT2D eigenvalue weighted by Crippen LogP contribution is -3.00. The summed E-state index contributed by atoms with van der Waals surface area (Å²) in [6.07, 6.45) is 12.9. The van der Waals surface area contributed by atoms with Crippen LogP contribution in [0, 0.1) is 5.82 Å². The predicted molar refractivity (Wildman–Crippen MR) is 134 cm³/mol. The Kier molecular flexibility index (Phi) is 12.2. The molecule has 1 heterocycles.